The maximum absolute atomic E-state index is 13.3. The number of benzene rings is 5. The number of rotatable bonds is 25. The molecule has 15 rings (SSSR count). The number of carbonyl (C=O) groups is 5. The standard InChI is InChI=1S/C21H21FN4O2.C20H23FN4O3.C19H22FN5O3.C18H18ClFN4O2.C18H20FN5O3/c1-5-6-17-12-16(9-10-24-17)21(19(27)26(4)20(23)25-21)15-7-8-18(13(2)11-15)28-14(3)22;1-5-27-17-11-15(8-9-23-17)20(18(26)25(4)19(22)24-20)14-6-7-16(12(2)10-14)28-13(3)21;1-11-9-13(5-6-14(11)28-12(2)20)19(17(26)25(3)18(21)24-19)15-7-8-22-16(23-15)10-27-4;1-10-8-12(4-5-14(10)26-11(2)20)18(13-6-7-22-15(19)9-13)16(25)24(3)17(21)23-18;1-10-9-12(5-6-13(10)27-11(2)19)18(15(25)24(3)16(20)23-18)14-7-8-21-17(22-14)26-4/h7-12,14H,1-4H3,(H2,23,25);6-11,13H,5H2,1-4H3,(H2,22,24);5-9,12H,10H2,1-4H3,(H2,21,24);4-9,11H,1-3H3,(H2,21,23);5-9,11H,1-4H3,(H2,20,23). The van der Waals surface area contributed by atoms with Gasteiger partial charge >= 0.3 is 6.01 Å². The molecule has 0 saturated carbocycles. The molecular formula is C96H104ClF5N22O13. The molecule has 5 aromatic carbocycles. The third-order valence-corrected chi connectivity index (χ3v) is 22.4. The third kappa shape index (κ3) is 20.7. The van der Waals surface area contributed by atoms with Crippen LogP contribution in [0.3, 0.4) is 0 Å². The zero-order valence-corrected chi connectivity index (χ0v) is 79.3. The van der Waals surface area contributed by atoms with Crippen molar-refractivity contribution in [2.45, 2.75) is 149 Å². The molecule has 10 N–H and O–H groups in total. The zero-order chi connectivity index (χ0) is 100. The van der Waals surface area contributed by atoms with E-state index in [0.717, 1.165) is 0 Å². The smallest absolute Gasteiger partial charge is 0.316 e. The molecule has 5 aliphatic heterocycles. The van der Waals surface area contributed by atoms with Crippen LogP contribution in [-0.2, 0) is 63.0 Å². The van der Waals surface area contributed by atoms with Gasteiger partial charge in [0.15, 0.2) is 52.2 Å². The highest BCUT2D eigenvalue weighted by molar-refractivity contribution is 6.29. The van der Waals surface area contributed by atoms with Crippen molar-refractivity contribution in [1.82, 2.24) is 59.4 Å². The monoisotopic (exact) mass is 1900 g/mol. The molecule has 10 heterocycles. The number of aryl methyl sites for hydroxylation is 5. The van der Waals surface area contributed by atoms with Gasteiger partial charge < -0.3 is 66.6 Å². The molecule has 0 fully saturated rings. The molecule has 5 aliphatic rings. The van der Waals surface area contributed by atoms with Gasteiger partial charge in [0.25, 0.3) is 29.5 Å². The van der Waals surface area contributed by atoms with Crippen molar-refractivity contribution in [2.24, 2.45) is 53.6 Å². The lowest BCUT2D eigenvalue weighted by atomic mass is 9.82. The van der Waals surface area contributed by atoms with Gasteiger partial charge in [0.2, 0.25) is 48.7 Å². The van der Waals surface area contributed by atoms with Gasteiger partial charge in [0, 0.05) is 120 Å². The van der Waals surface area contributed by atoms with E-state index in [2.05, 4.69) is 71.7 Å². The van der Waals surface area contributed by atoms with Crippen LogP contribution in [0.5, 0.6) is 40.6 Å². The molecule has 35 nitrogen and oxygen atoms in total. The zero-order valence-electron chi connectivity index (χ0n) is 78.5. The van der Waals surface area contributed by atoms with Gasteiger partial charge in [-0.2, -0.15) is 4.98 Å². The molecule has 41 heteroatoms. The Morgan fingerprint density at radius 1 is 0.380 bits per heavy atom. The number of aromatic nitrogens is 7. The maximum Gasteiger partial charge on any atom is 0.316 e. The number of aliphatic imine (C=N–C) groups is 5. The minimum atomic E-state index is -1.49. The number of amides is 5. The Morgan fingerprint density at radius 2 is 0.672 bits per heavy atom. The van der Waals surface area contributed by atoms with E-state index in [4.69, 9.17) is 78.2 Å². The van der Waals surface area contributed by atoms with Crippen LogP contribution < -0.4 is 61.8 Å². The number of halogens is 6. The molecule has 0 spiro atoms. The molecule has 137 heavy (non-hydrogen) atoms. The van der Waals surface area contributed by atoms with Gasteiger partial charge in [-0.1, -0.05) is 47.9 Å². The first-order chi connectivity index (χ1) is 64.9. The fraction of sp³-hybridized carbons (Fsp3) is 0.323. The second kappa shape index (κ2) is 42.4. The minimum Gasteiger partial charge on any atom is -0.478 e. The second-order valence-corrected chi connectivity index (χ2v) is 32.0. The second-order valence-electron chi connectivity index (χ2n) is 31.6. The highest BCUT2D eigenvalue weighted by Gasteiger charge is 2.56. The van der Waals surface area contributed by atoms with Crippen molar-refractivity contribution in [3.8, 4) is 52.5 Å². The number of hydrogen-bond donors (Lipinski definition) is 5. The lowest BCUT2D eigenvalue weighted by molar-refractivity contribution is -0.130. The number of pyridine rings is 3. The van der Waals surface area contributed by atoms with Crippen LogP contribution in [0, 0.1) is 46.5 Å². The molecule has 10 unspecified atom stereocenters. The summed E-state index contributed by atoms with van der Waals surface area (Å²) in [7, 11) is 10.8. The Balaban J connectivity index is 0.000000164. The first-order valence-corrected chi connectivity index (χ1v) is 42.9. The summed E-state index contributed by atoms with van der Waals surface area (Å²) in [6.45, 7) is 19.6. The van der Waals surface area contributed by atoms with Crippen LogP contribution in [0.2, 0.25) is 5.15 Å². The van der Waals surface area contributed by atoms with E-state index in [9.17, 15) is 45.9 Å². The number of methoxy groups -OCH3 is 2. The summed E-state index contributed by atoms with van der Waals surface area (Å²) < 4.78 is 108. The number of guanidine groups is 5. The van der Waals surface area contributed by atoms with Crippen molar-refractivity contribution >= 4 is 70.9 Å². The third-order valence-electron chi connectivity index (χ3n) is 22.2. The van der Waals surface area contributed by atoms with Gasteiger partial charge in [0.1, 0.15) is 46.2 Å². The molecule has 0 bridgehead atoms. The minimum absolute atomic E-state index is 0.0629. The van der Waals surface area contributed by atoms with Crippen molar-refractivity contribution in [3.63, 3.8) is 0 Å². The molecule has 0 saturated heterocycles. The number of nitrogens with zero attached hydrogens (tertiary/aromatic N) is 17. The summed E-state index contributed by atoms with van der Waals surface area (Å²) in [5.41, 5.74) is 31.8. The van der Waals surface area contributed by atoms with E-state index in [1.807, 2.05) is 6.92 Å². The fourth-order valence-corrected chi connectivity index (χ4v) is 15.7. The molecule has 5 amide bonds. The van der Waals surface area contributed by atoms with Crippen molar-refractivity contribution < 1.29 is 83.8 Å². The molecular weight excluding hydrogens is 1800 g/mol. The summed E-state index contributed by atoms with van der Waals surface area (Å²) in [5.74, 6) is 7.26. The maximum atomic E-state index is 13.3. The van der Waals surface area contributed by atoms with Crippen LogP contribution in [-0.4, -0.2) is 207 Å². The van der Waals surface area contributed by atoms with Crippen molar-refractivity contribution in [1.29, 1.82) is 0 Å². The molecule has 10 atom stereocenters. The Labute approximate surface area is 792 Å². The van der Waals surface area contributed by atoms with E-state index >= 15 is 0 Å². The van der Waals surface area contributed by atoms with E-state index in [1.54, 1.807) is 228 Å². The average Bonchev–Trinajstić information content (AvgIpc) is 1.60. The first-order valence-electron chi connectivity index (χ1n) is 42.5. The topological polar surface area (TPSA) is 458 Å². The van der Waals surface area contributed by atoms with Gasteiger partial charge in [0.05, 0.1) is 25.1 Å². The number of ether oxygens (including phenoxy) is 8. The summed E-state index contributed by atoms with van der Waals surface area (Å²) in [6, 6.07) is 38.5. The number of nitrogens with two attached hydrogens (primary N) is 5. The van der Waals surface area contributed by atoms with E-state index in [1.165, 1.54) is 92.8 Å². The Hall–Kier alpha value is -15.5. The van der Waals surface area contributed by atoms with Gasteiger partial charge in [-0.3, -0.25) is 48.5 Å². The van der Waals surface area contributed by atoms with Gasteiger partial charge in [-0.25, -0.2) is 76.8 Å². The van der Waals surface area contributed by atoms with Crippen LogP contribution in [0.4, 0.5) is 22.0 Å². The quantitative estimate of drug-likeness (QED) is 0.0201. The molecule has 0 radical (unpaired) electrons. The molecule has 0 aliphatic carbocycles. The molecule has 718 valence electrons. The van der Waals surface area contributed by atoms with E-state index in [0.29, 0.717) is 136 Å². The Morgan fingerprint density at radius 3 is 0.971 bits per heavy atom. The van der Waals surface area contributed by atoms with Gasteiger partial charge in [-0.15, -0.1) is 0 Å². The molecule has 10 aromatic rings. The summed E-state index contributed by atoms with van der Waals surface area (Å²) in [5, 5.41) is 0.237. The largest absolute Gasteiger partial charge is 0.478 e. The lowest BCUT2D eigenvalue weighted by Crippen LogP contribution is -2.41. The Bertz CT molecular complexity index is 6330. The normalized spacial score (nSPS) is 20.3. The SMILES string of the molecule is CC#Cc1cc(C2(c3ccc(OC(C)F)c(C)c3)N=C(N)N(C)C2=O)ccn1.CCOc1cc(C2(c3ccc(OC(C)F)c(C)c3)N=C(N)N(C)C2=O)ccn1.COCc1nccc(C2(c3ccc(OC(C)F)c(C)c3)N=C(N)N(C)C2=O)n1.COc1nccc(C2(c3ccc(OC(C)F)c(C)c3)N=C(N)N(C)C2=O)n1.Cc1cc(C2(c3ccnc(Cl)c3)N=C(N)N(C)C2=O)ccc1OC(C)F. The Kier molecular flexibility index (Phi) is 31.5. The van der Waals surface area contributed by atoms with Crippen molar-refractivity contribution in [2.75, 3.05) is 56.1 Å². The van der Waals surface area contributed by atoms with Gasteiger partial charge in [-0.05, 0) is 224 Å². The highest BCUT2D eigenvalue weighted by atomic mass is 35.5. The van der Waals surface area contributed by atoms with Crippen molar-refractivity contribution in [3.05, 3.63) is 271 Å². The van der Waals surface area contributed by atoms with Crippen LogP contribution >= 0.6 is 11.6 Å². The highest BCUT2D eigenvalue weighted by Crippen LogP contribution is 2.47. The number of alkyl halides is 5. The predicted molar refractivity (Wildman–Crippen MR) is 501 cm³/mol. The summed E-state index contributed by atoms with van der Waals surface area (Å²) >= 11 is 6.03. The fourth-order valence-electron chi connectivity index (χ4n) is 15.5. The van der Waals surface area contributed by atoms with E-state index in [-0.39, 0.29) is 77.1 Å². The van der Waals surface area contributed by atoms with Crippen LogP contribution in [0.15, 0.2) is 195 Å². The average molecular weight is 1900 g/mol. The number of hydrogen-bond acceptors (Lipinski definition) is 30. The summed E-state index contributed by atoms with van der Waals surface area (Å²) in [6.07, 6.45) is 0.444. The van der Waals surface area contributed by atoms with Crippen LogP contribution in [0.25, 0.3) is 0 Å². The molecule has 5 aromatic heterocycles. The number of likely N-dealkylation sites (N-methyl/N-ethyl adjacent to an activating group) is 5. The first kappa shape index (κ1) is 102. The summed E-state index contributed by atoms with van der Waals surface area (Å²) in [4.78, 5) is 124. The lowest BCUT2D eigenvalue weighted by Gasteiger charge is -2.27. The predicted octanol–water partition coefficient (Wildman–Crippen LogP) is 10.9. The van der Waals surface area contributed by atoms with Crippen LogP contribution in [0.1, 0.15) is 144 Å². The van der Waals surface area contributed by atoms with E-state index < -0.39 is 59.5 Å². The number of carbonyl (C=O) groups excluding carboxylic acids is 5.